The second-order valence-corrected chi connectivity index (χ2v) is 5.03. The van der Waals surface area contributed by atoms with E-state index in [4.69, 9.17) is 9.84 Å². The monoisotopic (exact) mass is 299 g/mol. The van der Waals surface area contributed by atoms with Crippen LogP contribution in [0.1, 0.15) is 34.6 Å². The van der Waals surface area contributed by atoms with Crippen LogP contribution in [-0.4, -0.2) is 23.1 Å². The lowest BCUT2D eigenvalue weighted by molar-refractivity contribution is 0.0696. The lowest BCUT2D eigenvalue weighted by Gasteiger charge is -2.11. The van der Waals surface area contributed by atoms with Gasteiger partial charge in [-0.15, -0.1) is 0 Å². The molecule has 0 aliphatic rings. The molecule has 0 unspecified atom stereocenters. The van der Waals surface area contributed by atoms with Gasteiger partial charge in [0.15, 0.2) is 0 Å². The largest absolute Gasteiger partial charge is 0.491 e. The number of carbonyl (C=O) groups is 2. The molecule has 0 fully saturated rings. The summed E-state index contributed by atoms with van der Waals surface area (Å²) in [6.45, 7) is 3.83. The molecule has 2 rings (SSSR count). The van der Waals surface area contributed by atoms with Gasteiger partial charge in [-0.1, -0.05) is 6.07 Å². The zero-order chi connectivity index (χ0) is 16.1. The van der Waals surface area contributed by atoms with Gasteiger partial charge < -0.3 is 15.2 Å². The maximum atomic E-state index is 12.2. The van der Waals surface area contributed by atoms with Gasteiger partial charge in [0.05, 0.1) is 11.7 Å². The summed E-state index contributed by atoms with van der Waals surface area (Å²) >= 11 is 0. The van der Waals surface area contributed by atoms with E-state index in [9.17, 15) is 9.59 Å². The molecule has 0 aromatic heterocycles. The van der Waals surface area contributed by atoms with Gasteiger partial charge >= 0.3 is 5.97 Å². The van der Waals surface area contributed by atoms with Crippen molar-refractivity contribution in [2.24, 2.45) is 0 Å². The van der Waals surface area contributed by atoms with Crippen molar-refractivity contribution in [2.75, 3.05) is 5.32 Å². The van der Waals surface area contributed by atoms with Crippen molar-refractivity contribution in [1.82, 2.24) is 0 Å². The third-order valence-electron chi connectivity index (χ3n) is 2.86. The number of carboxylic acids is 1. The number of hydrogen-bond acceptors (Lipinski definition) is 3. The van der Waals surface area contributed by atoms with Crippen molar-refractivity contribution in [3.63, 3.8) is 0 Å². The van der Waals surface area contributed by atoms with Gasteiger partial charge in [0.1, 0.15) is 5.75 Å². The molecule has 0 spiro atoms. The highest BCUT2D eigenvalue weighted by atomic mass is 16.5. The number of amides is 1. The van der Waals surface area contributed by atoms with Crippen LogP contribution in [0.15, 0.2) is 48.5 Å². The average molecular weight is 299 g/mol. The normalized spacial score (nSPS) is 10.3. The summed E-state index contributed by atoms with van der Waals surface area (Å²) in [4.78, 5) is 23.0. The molecule has 5 nitrogen and oxygen atoms in total. The van der Waals surface area contributed by atoms with Crippen molar-refractivity contribution >= 4 is 17.6 Å². The third-order valence-corrected chi connectivity index (χ3v) is 2.86. The van der Waals surface area contributed by atoms with Crippen LogP contribution in [-0.2, 0) is 0 Å². The maximum absolute atomic E-state index is 12.2. The number of hydrogen-bond donors (Lipinski definition) is 2. The maximum Gasteiger partial charge on any atom is 0.335 e. The standard InChI is InChI=1S/C17H17NO4/c1-11(2)22-15-5-3-4-13(10-15)16(19)18-14-8-6-12(7-9-14)17(20)21/h3-11H,1-2H3,(H,18,19)(H,20,21). The summed E-state index contributed by atoms with van der Waals surface area (Å²) in [5, 5.41) is 11.6. The van der Waals surface area contributed by atoms with Crippen molar-refractivity contribution in [3.8, 4) is 5.75 Å². The molecule has 114 valence electrons. The minimum absolute atomic E-state index is 0.0295. The summed E-state index contributed by atoms with van der Waals surface area (Å²) in [5.74, 6) is -0.655. The number of anilines is 1. The number of aromatic carboxylic acids is 1. The Morgan fingerprint density at radius 2 is 1.73 bits per heavy atom. The van der Waals surface area contributed by atoms with E-state index in [-0.39, 0.29) is 17.6 Å². The molecule has 22 heavy (non-hydrogen) atoms. The Balaban J connectivity index is 2.10. The predicted molar refractivity (Wildman–Crippen MR) is 83.6 cm³/mol. The number of nitrogens with one attached hydrogen (secondary N) is 1. The van der Waals surface area contributed by atoms with E-state index in [1.54, 1.807) is 36.4 Å². The predicted octanol–water partition coefficient (Wildman–Crippen LogP) is 3.42. The second kappa shape index (κ2) is 6.76. The topological polar surface area (TPSA) is 75.6 Å². The van der Waals surface area contributed by atoms with Gasteiger partial charge in [0, 0.05) is 11.3 Å². The molecule has 0 bridgehead atoms. The smallest absolute Gasteiger partial charge is 0.335 e. The molecule has 0 saturated heterocycles. The van der Waals surface area contributed by atoms with Gasteiger partial charge in [-0.25, -0.2) is 4.79 Å². The lowest BCUT2D eigenvalue weighted by atomic mass is 10.1. The van der Waals surface area contributed by atoms with E-state index in [1.807, 2.05) is 13.8 Å². The van der Waals surface area contributed by atoms with E-state index in [1.165, 1.54) is 12.1 Å². The molecular formula is C17H17NO4. The first-order chi connectivity index (χ1) is 10.5. The van der Waals surface area contributed by atoms with Crippen LogP contribution in [0.4, 0.5) is 5.69 Å². The van der Waals surface area contributed by atoms with Crippen molar-refractivity contribution in [1.29, 1.82) is 0 Å². The molecule has 2 aromatic rings. The quantitative estimate of drug-likeness (QED) is 0.887. The molecule has 2 N–H and O–H groups in total. The first kappa shape index (κ1) is 15.6. The summed E-state index contributed by atoms with van der Waals surface area (Å²) < 4.78 is 5.55. The molecule has 0 aliphatic heterocycles. The molecule has 0 heterocycles. The first-order valence-electron chi connectivity index (χ1n) is 6.87. The number of rotatable bonds is 5. The van der Waals surface area contributed by atoms with Crippen LogP contribution in [0.3, 0.4) is 0 Å². The molecular weight excluding hydrogens is 282 g/mol. The summed E-state index contributed by atoms with van der Waals surface area (Å²) in [5.41, 5.74) is 1.18. The molecule has 0 aliphatic carbocycles. The highest BCUT2D eigenvalue weighted by molar-refractivity contribution is 6.04. The van der Waals surface area contributed by atoms with E-state index in [2.05, 4.69) is 5.32 Å². The highest BCUT2D eigenvalue weighted by Crippen LogP contribution is 2.17. The fourth-order valence-electron chi connectivity index (χ4n) is 1.88. The Hall–Kier alpha value is -2.82. The molecule has 0 saturated carbocycles. The minimum atomic E-state index is -1.00. The Labute approximate surface area is 128 Å². The van der Waals surface area contributed by atoms with E-state index >= 15 is 0 Å². The van der Waals surface area contributed by atoms with Gasteiger partial charge in [0.25, 0.3) is 5.91 Å². The summed E-state index contributed by atoms with van der Waals surface area (Å²) in [7, 11) is 0. The van der Waals surface area contributed by atoms with Crippen molar-refractivity contribution in [2.45, 2.75) is 20.0 Å². The zero-order valence-electron chi connectivity index (χ0n) is 12.4. The van der Waals surface area contributed by atoms with E-state index < -0.39 is 5.97 Å². The Morgan fingerprint density at radius 1 is 1.05 bits per heavy atom. The van der Waals surface area contributed by atoms with Gasteiger partial charge in [-0.3, -0.25) is 4.79 Å². The summed E-state index contributed by atoms with van der Waals surface area (Å²) in [6.07, 6.45) is 0.0295. The van der Waals surface area contributed by atoms with Crippen LogP contribution in [0.2, 0.25) is 0 Å². The first-order valence-corrected chi connectivity index (χ1v) is 6.87. The van der Waals surface area contributed by atoms with Crippen LogP contribution < -0.4 is 10.1 Å². The van der Waals surface area contributed by atoms with Crippen LogP contribution in [0.5, 0.6) is 5.75 Å². The van der Waals surface area contributed by atoms with Crippen LogP contribution in [0, 0.1) is 0 Å². The summed E-state index contributed by atoms with van der Waals surface area (Å²) in [6, 6.07) is 12.9. The Kier molecular flexibility index (Phi) is 4.78. The number of benzene rings is 2. The van der Waals surface area contributed by atoms with Gasteiger partial charge in [-0.05, 0) is 56.3 Å². The Bertz CT molecular complexity index is 677. The second-order valence-electron chi connectivity index (χ2n) is 5.03. The molecule has 2 aromatic carbocycles. The molecule has 1 amide bonds. The lowest BCUT2D eigenvalue weighted by Crippen LogP contribution is -2.13. The van der Waals surface area contributed by atoms with Crippen LogP contribution >= 0.6 is 0 Å². The van der Waals surface area contributed by atoms with Crippen molar-refractivity contribution in [3.05, 3.63) is 59.7 Å². The number of carbonyl (C=O) groups excluding carboxylic acids is 1. The molecule has 0 atom stereocenters. The molecule has 0 radical (unpaired) electrons. The number of carboxylic acid groups (broad SMARTS) is 1. The molecule has 5 heteroatoms. The van der Waals surface area contributed by atoms with Gasteiger partial charge in [-0.2, -0.15) is 0 Å². The van der Waals surface area contributed by atoms with Crippen molar-refractivity contribution < 1.29 is 19.4 Å². The van der Waals surface area contributed by atoms with E-state index in [0.29, 0.717) is 17.0 Å². The third kappa shape index (κ3) is 4.09. The fraction of sp³-hybridized carbons (Fsp3) is 0.176. The SMILES string of the molecule is CC(C)Oc1cccc(C(=O)Nc2ccc(C(=O)O)cc2)c1. The Morgan fingerprint density at radius 3 is 2.32 bits per heavy atom. The zero-order valence-corrected chi connectivity index (χ0v) is 12.4. The van der Waals surface area contributed by atoms with Crippen LogP contribution in [0.25, 0.3) is 0 Å². The van der Waals surface area contributed by atoms with E-state index in [0.717, 1.165) is 0 Å². The average Bonchev–Trinajstić information content (AvgIpc) is 2.47. The number of ether oxygens (including phenoxy) is 1. The fourth-order valence-corrected chi connectivity index (χ4v) is 1.88. The van der Waals surface area contributed by atoms with Gasteiger partial charge in [0.2, 0.25) is 0 Å². The minimum Gasteiger partial charge on any atom is -0.491 e. The highest BCUT2D eigenvalue weighted by Gasteiger charge is 2.09.